The summed E-state index contributed by atoms with van der Waals surface area (Å²) in [6.45, 7) is 0. The van der Waals surface area contributed by atoms with Crippen molar-refractivity contribution < 1.29 is 18.3 Å². The molecule has 0 radical (unpaired) electrons. The molecule has 0 aliphatic heterocycles. The van der Waals surface area contributed by atoms with Gasteiger partial charge in [0.05, 0.1) is 7.11 Å². The Morgan fingerprint density at radius 1 is 1.80 bits per heavy atom. The highest BCUT2D eigenvalue weighted by atomic mass is 32.2. The summed E-state index contributed by atoms with van der Waals surface area (Å²) in [6, 6.07) is 0. The minimum atomic E-state index is -2.37. The van der Waals surface area contributed by atoms with Crippen molar-refractivity contribution in [2.75, 3.05) is 7.11 Å². The first-order valence-corrected chi connectivity index (χ1v) is 3.35. The maximum Gasteiger partial charge on any atom is 0.350 e. The first-order valence-electron chi connectivity index (χ1n) is 2.24. The molecule has 0 saturated heterocycles. The molecule has 5 nitrogen and oxygen atoms in total. The van der Waals surface area contributed by atoms with Crippen LogP contribution in [-0.2, 0) is 20.6 Å². The van der Waals surface area contributed by atoms with Gasteiger partial charge in [-0.25, -0.2) is 9.00 Å². The van der Waals surface area contributed by atoms with Gasteiger partial charge in [0, 0.05) is 6.20 Å². The topological polar surface area (TPSA) is 89.6 Å². The van der Waals surface area contributed by atoms with Crippen molar-refractivity contribution in [1.82, 2.24) is 0 Å². The Labute approximate surface area is 60.1 Å². The van der Waals surface area contributed by atoms with Crippen LogP contribution in [-0.4, -0.2) is 21.8 Å². The van der Waals surface area contributed by atoms with Gasteiger partial charge in [-0.2, -0.15) is 0 Å². The lowest BCUT2D eigenvalue weighted by atomic mass is 10.6. The second kappa shape index (κ2) is 4.02. The van der Waals surface area contributed by atoms with Gasteiger partial charge in [0.1, 0.15) is 0 Å². The Hall–Kier alpha value is -0.880. The van der Waals surface area contributed by atoms with E-state index in [2.05, 4.69) is 4.74 Å². The molecule has 0 aromatic heterocycles. The average molecular weight is 165 g/mol. The number of rotatable bonds is 2. The van der Waals surface area contributed by atoms with Crippen LogP contribution in [0.4, 0.5) is 0 Å². The Balaban J connectivity index is 4.39. The van der Waals surface area contributed by atoms with Crippen LogP contribution in [0, 0.1) is 0 Å². The Morgan fingerprint density at radius 2 is 2.30 bits per heavy atom. The van der Waals surface area contributed by atoms with E-state index >= 15 is 0 Å². The maximum atomic E-state index is 10.5. The van der Waals surface area contributed by atoms with E-state index in [1.807, 2.05) is 0 Å². The van der Waals surface area contributed by atoms with E-state index in [0.29, 0.717) is 0 Å². The summed E-state index contributed by atoms with van der Waals surface area (Å²) < 4.78 is 22.7. The second-order valence-corrected chi connectivity index (χ2v) is 2.21. The van der Waals surface area contributed by atoms with Crippen molar-refractivity contribution in [3.8, 4) is 0 Å². The van der Waals surface area contributed by atoms with Gasteiger partial charge in [-0.15, -0.1) is 0 Å². The highest BCUT2D eigenvalue weighted by molar-refractivity contribution is 7.84. The normalized spacial score (nSPS) is 14.4. The molecule has 0 aliphatic carbocycles. The summed E-state index contributed by atoms with van der Waals surface area (Å²) in [7, 11) is 1.10. The van der Waals surface area contributed by atoms with E-state index in [4.69, 9.17) is 10.3 Å². The molecule has 10 heavy (non-hydrogen) atoms. The Bertz CT molecular complexity index is 188. The van der Waals surface area contributed by atoms with Crippen LogP contribution < -0.4 is 5.73 Å². The molecule has 0 rings (SSSR count). The molecule has 0 bridgehead atoms. The molecule has 6 heteroatoms. The van der Waals surface area contributed by atoms with Crippen LogP contribution in [0.1, 0.15) is 0 Å². The minimum Gasteiger partial charge on any atom is -0.465 e. The highest BCUT2D eigenvalue weighted by Gasteiger charge is 2.14. The summed E-state index contributed by atoms with van der Waals surface area (Å²) in [4.78, 5) is 10.0. The van der Waals surface area contributed by atoms with E-state index in [1.165, 1.54) is 0 Å². The van der Waals surface area contributed by atoms with Gasteiger partial charge in [0.25, 0.3) is 0 Å². The van der Waals surface area contributed by atoms with Gasteiger partial charge in [-0.3, -0.25) is 0 Å². The molecule has 0 fully saturated rings. The largest absolute Gasteiger partial charge is 0.465 e. The Morgan fingerprint density at radius 3 is 2.40 bits per heavy atom. The number of hydrogen-bond donors (Lipinski definition) is 2. The molecule has 1 atom stereocenters. The molecule has 1 unspecified atom stereocenters. The molecule has 0 aromatic rings. The predicted molar refractivity (Wildman–Crippen MR) is 35.1 cm³/mol. The van der Waals surface area contributed by atoms with Crippen molar-refractivity contribution in [3.63, 3.8) is 0 Å². The van der Waals surface area contributed by atoms with Crippen molar-refractivity contribution in [2.24, 2.45) is 5.73 Å². The zero-order valence-electron chi connectivity index (χ0n) is 5.23. The number of esters is 1. The minimum absolute atomic E-state index is 0.456. The fourth-order valence-electron chi connectivity index (χ4n) is 0.298. The van der Waals surface area contributed by atoms with E-state index in [0.717, 1.165) is 13.3 Å². The summed E-state index contributed by atoms with van der Waals surface area (Å²) >= 11 is -2.37. The predicted octanol–water partition coefficient (Wildman–Crippen LogP) is -0.819. The molecular weight excluding hydrogens is 158 g/mol. The lowest BCUT2D eigenvalue weighted by molar-refractivity contribution is -0.135. The molecule has 0 saturated carbocycles. The van der Waals surface area contributed by atoms with Crippen LogP contribution in [0.25, 0.3) is 0 Å². The second-order valence-electron chi connectivity index (χ2n) is 1.27. The molecule has 0 amide bonds. The number of carbonyl (C=O) groups is 1. The third-order valence-electron chi connectivity index (χ3n) is 0.726. The van der Waals surface area contributed by atoms with Gasteiger partial charge >= 0.3 is 5.97 Å². The first kappa shape index (κ1) is 9.12. The molecule has 0 heterocycles. The summed E-state index contributed by atoms with van der Waals surface area (Å²) in [6.07, 6.45) is 0.738. The van der Waals surface area contributed by atoms with Crippen LogP contribution in [0.3, 0.4) is 0 Å². The van der Waals surface area contributed by atoms with Crippen LogP contribution >= 0.6 is 0 Å². The van der Waals surface area contributed by atoms with Crippen LogP contribution in [0.15, 0.2) is 11.1 Å². The standard InChI is InChI=1S/C4H7NO4S/c1-9-4(6)3(2-5)10(7)8/h2H,5H2,1H3,(H,7,8)/b3-2+. The average Bonchev–Trinajstić information content (AvgIpc) is 1.88. The number of hydrogen-bond acceptors (Lipinski definition) is 4. The summed E-state index contributed by atoms with van der Waals surface area (Å²) in [5.74, 6) is -0.900. The third-order valence-corrected chi connectivity index (χ3v) is 1.41. The van der Waals surface area contributed by atoms with Crippen LogP contribution in [0.2, 0.25) is 0 Å². The molecular formula is C4H7NO4S. The number of methoxy groups -OCH3 is 1. The fourth-order valence-corrected chi connectivity index (χ4v) is 0.640. The summed E-state index contributed by atoms with van der Waals surface area (Å²) in [5, 5.41) is 0. The van der Waals surface area contributed by atoms with Crippen molar-refractivity contribution in [3.05, 3.63) is 11.1 Å². The monoisotopic (exact) mass is 165 g/mol. The fraction of sp³-hybridized carbons (Fsp3) is 0.250. The SMILES string of the molecule is COC(=O)/C(=C\N)S(=O)O. The van der Waals surface area contributed by atoms with Gasteiger partial charge in [0.15, 0.2) is 16.0 Å². The van der Waals surface area contributed by atoms with Crippen molar-refractivity contribution in [2.45, 2.75) is 0 Å². The van der Waals surface area contributed by atoms with Crippen molar-refractivity contribution >= 4 is 17.0 Å². The van der Waals surface area contributed by atoms with Crippen LogP contribution in [0.5, 0.6) is 0 Å². The van der Waals surface area contributed by atoms with E-state index in [-0.39, 0.29) is 0 Å². The van der Waals surface area contributed by atoms with Gasteiger partial charge < -0.3 is 15.0 Å². The molecule has 0 aliphatic rings. The zero-order valence-corrected chi connectivity index (χ0v) is 6.05. The zero-order chi connectivity index (χ0) is 8.15. The Kier molecular flexibility index (Phi) is 3.67. The number of carbonyl (C=O) groups excluding carboxylic acids is 1. The van der Waals surface area contributed by atoms with Gasteiger partial charge in [-0.1, -0.05) is 0 Å². The third kappa shape index (κ3) is 2.16. The molecule has 0 spiro atoms. The lowest BCUT2D eigenvalue weighted by Crippen LogP contribution is -2.10. The van der Waals surface area contributed by atoms with E-state index in [9.17, 15) is 9.00 Å². The number of nitrogens with two attached hydrogens (primary N) is 1. The van der Waals surface area contributed by atoms with Gasteiger partial charge in [0.2, 0.25) is 0 Å². The molecule has 0 aromatic carbocycles. The van der Waals surface area contributed by atoms with E-state index < -0.39 is 22.0 Å². The van der Waals surface area contributed by atoms with Crippen molar-refractivity contribution in [1.29, 1.82) is 0 Å². The quantitative estimate of drug-likeness (QED) is 0.317. The molecule has 58 valence electrons. The number of ether oxygens (including phenoxy) is 1. The molecule has 3 N–H and O–H groups in total. The van der Waals surface area contributed by atoms with E-state index in [1.54, 1.807) is 0 Å². The maximum absolute atomic E-state index is 10.5. The van der Waals surface area contributed by atoms with Gasteiger partial charge in [-0.05, 0) is 0 Å². The smallest absolute Gasteiger partial charge is 0.350 e. The first-order chi connectivity index (χ1) is 4.63. The lowest BCUT2D eigenvalue weighted by Gasteiger charge is -1.96. The summed E-state index contributed by atoms with van der Waals surface area (Å²) in [5.41, 5.74) is 4.83. The highest BCUT2D eigenvalue weighted by Crippen LogP contribution is 1.98.